The maximum absolute atomic E-state index is 12.0. The van der Waals surface area contributed by atoms with Gasteiger partial charge in [-0.1, -0.05) is 18.2 Å². The smallest absolute Gasteiger partial charge is 0.314 e. The molecule has 0 saturated heterocycles. The summed E-state index contributed by atoms with van der Waals surface area (Å²) in [7, 11) is -3.34. The number of ether oxygens (including phenoxy) is 1. The maximum atomic E-state index is 12.0. The highest BCUT2D eigenvalue weighted by atomic mass is 35.5. The van der Waals surface area contributed by atoms with E-state index in [9.17, 15) is 13.2 Å². The number of sulfone groups is 1. The summed E-state index contributed by atoms with van der Waals surface area (Å²) in [4.78, 5) is 12.1. The Morgan fingerprint density at radius 2 is 1.86 bits per heavy atom. The Labute approximate surface area is 134 Å². The third-order valence-corrected chi connectivity index (χ3v) is 6.52. The number of hydrogen-bond donors (Lipinski definition) is 0. The van der Waals surface area contributed by atoms with E-state index in [0.29, 0.717) is 6.42 Å². The van der Waals surface area contributed by atoms with Crippen LogP contribution < -0.4 is 0 Å². The van der Waals surface area contributed by atoms with Crippen LogP contribution in [0.4, 0.5) is 0 Å². The van der Waals surface area contributed by atoms with Crippen LogP contribution in [0.5, 0.6) is 0 Å². The van der Waals surface area contributed by atoms with Gasteiger partial charge in [-0.05, 0) is 25.5 Å². The second kappa shape index (κ2) is 5.78. The summed E-state index contributed by atoms with van der Waals surface area (Å²) in [5, 5.41) is 0. The molecule has 1 aliphatic carbocycles. The number of esters is 1. The van der Waals surface area contributed by atoms with E-state index in [-0.39, 0.29) is 23.7 Å². The van der Waals surface area contributed by atoms with Crippen molar-refractivity contribution in [2.75, 3.05) is 12.4 Å². The molecule has 0 N–H and O–H groups in total. The highest BCUT2D eigenvalue weighted by Crippen LogP contribution is 2.64. The first kappa shape index (κ1) is 16.6. The van der Waals surface area contributed by atoms with Gasteiger partial charge in [0, 0.05) is 6.42 Å². The summed E-state index contributed by atoms with van der Waals surface area (Å²) in [6.07, 6.45) is 0.584. The molecule has 0 aliphatic heterocycles. The standard InChI is InChI=1S/C14H16Cl2O4S/c1-13(10-14(13,15)16)12(17)20-8-5-9-21(18,19)11-6-3-2-4-7-11/h2-4,6-7H,5,8-10H2,1H3. The second-order valence-corrected chi connectivity index (χ2v) is 8.93. The van der Waals surface area contributed by atoms with E-state index in [0.717, 1.165) is 0 Å². The van der Waals surface area contributed by atoms with Crippen molar-refractivity contribution in [1.82, 2.24) is 0 Å². The molecule has 1 aromatic rings. The van der Waals surface area contributed by atoms with Crippen molar-refractivity contribution < 1.29 is 17.9 Å². The number of carbonyl (C=O) groups is 1. The van der Waals surface area contributed by atoms with Gasteiger partial charge >= 0.3 is 5.97 Å². The van der Waals surface area contributed by atoms with Gasteiger partial charge in [-0.15, -0.1) is 23.2 Å². The van der Waals surface area contributed by atoms with Crippen LogP contribution in [0.25, 0.3) is 0 Å². The predicted molar refractivity (Wildman–Crippen MR) is 81.2 cm³/mol. The first-order valence-corrected chi connectivity index (χ1v) is 8.93. The molecule has 1 atom stereocenters. The van der Waals surface area contributed by atoms with Crippen LogP contribution in [0.2, 0.25) is 0 Å². The number of benzene rings is 1. The van der Waals surface area contributed by atoms with E-state index < -0.39 is 25.6 Å². The molecule has 1 saturated carbocycles. The lowest BCUT2D eigenvalue weighted by Crippen LogP contribution is -2.22. The minimum Gasteiger partial charge on any atom is -0.465 e. The van der Waals surface area contributed by atoms with Gasteiger partial charge in [0.05, 0.1) is 17.3 Å². The predicted octanol–water partition coefficient (Wildman–Crippen LogP) is 2.98. The molecule has 0 amide bonds. The van der Waals surface area contributed by atoms with Crippen molar-refractivity contribution in [2.24, 2.45) is 5.41 Å². The quantitative estimate of drug-likeness (QED) is 0.449. The molecule has 0 radical (unpaired) electrons. The lowest BCUT2D eigenvalue weighted by atomic mass is 10.1. The van der Waals surface area contributed by atoms with Crippen molar-refractivity contribution >= 4 is 39.0 Å². The average Bonchev–Trinajstić information content (AvgIpc) is 2.96. The van der Waals surface area contributed by atoms with Crippen molar-refractivity contribution in [2.45, 2.75) is 29.0 Å². The van der Waals surface area contributed by atoms with Gasteiger partial charge < -0.3 is 4.74 Å². The molecule has 116 valence electrons. The Balaban J connectivity index is 1.80. The number of rotatable bonds is 6. The summed E-state index contributed by atoms with van der Waals surface area (Å²) in [6, 6.07) is 8.17. The molecule has 1 unspecified atom stereocenters. The molecule has 4 nitrogen and oxygen atoms in total. The fourth-order valence-corrected chi connectivity index (χ4v) is 3.93. The summed E-state index contributed by atoms with van der Waals surface area (Å²) < 4.78 is 28.0. The first-order valence-electron chi connectivity index (χ1n) is 6.52. The molecule has 2 rings (SSSR count). The van der Waals surface area contributed by atoms with Gasteiger partial charge in [0.2, 0.25) is 0 Å². The average molecular weight is 351 g/mol. The summed E-state index contributed by atoms with van der Waals surface area (Å²) >= 11 is 11.8. The topological polar surface area (TPSA) is 60.4 Å². The van der Waals surface area contributed by atoms with Gasteiger partial charge in [-0.25, -0.2) is 8.42 Å². The van der Waals surface area contributed by atoms with Gasteiger partial charge in [-0.2, -0.15) is 0 Å². The third-order valence-electron chi connectivity index (χ3n) is 3.60. The Hall–Kier alpha value is -0.780. The first-order chi connectivity index (χ1) is 9.69. The van der Waals surface area contributed by atoms with Gasteiger partial charge in [0.1, 0.15) is 9.75 Å². The molecule has 7 heteroatoms. The van der Waals surface area contributed by atoms with Crippen LogP contribution in [0.15, 0.2) is 35.2 Å². The van der Waals surface area contributed by atoms with Crippen molar-refractivity contribution in [3.8, 4) is 0 Å². The molecule has 0 bridgehead atoms. The number of carbonyl (C=O) groups excluding carboxylic acids is 1. The minimum absolute atomic E-state index is 0.0321. The molecule has 0 aromatic heterocycles. The van der Waals surface area contributed by atoms with Crippen LogP contribution in [0, 0.1) is 5.41 Å². The fraction of sp³-hybridized carbons (Fsp3) is 0.500. The monoisotopic (exact) mass is 350 g/mol. The summed E-state index contributed by atoms with van der Waals surface area (Å²) in [5.41, 5.74) is -0.881. The number of halogens is 2. The molecule has 1 fully saturated rings. The number of hydrogen-bond acceptors (Lipinski definition) is 4. The SMILES string of the molecule is CC1(C(=O)OCCCS(=O)(=O)c2ccccc2)CC1(Cl)Cl. The Kier molecular flexibility index (Phi) is 4.57. The van der Waals surface area contributed by atoms with Crippen LogP contribution in [-0.4, -0.2) is 31.1 Å². The van der Waals surface area contributed by atoms with Crippen LogP contribution in [0.1, 0.15) is 19.8 Å². The molecule has 0 spiro atoms. The van der Waals surface area contributed by atoms with Crippen LogP contribution in [-0.2, 0) is 19.4 Å². The Morgan fingerprint density at radius 3 is 2.38 bits per heavy atom. The zero-order chi connectivity index (χ0) is 15.7. The van der Waals surface area contributed by atoms with E-state index in [1.165, 1.54) is 0 Å². The Bertz CT molecular complexity index is 628. The van der Waals surface area contributed by atoms with Crippen molar-refractivity contribution in [1.29, 1.82) is 0 Å². The van der Waals surface area contributed by atoms with Crippen molar-refractivity contribution in [3.63, 3.8) is 0 Å². The second-order valence-electron chi connectivity index (χ2n) is 5.33. The summed E-state index contributed by atoms with van der Waals surface area (Å²) in [5.74, 6) is -0.557. The molecule has 0 heterocycles. The molecule has 1 aromatic carbocycles. The molecule has 21 heavy (non-hydrogen) atoms. The zero-order valence-electron chi connectivity index (χ0n) is 11.5. The minimum atomic E-state index is -3.34. The number of alkyl halides is 2. The summed E-state index contributed by atoms with van der Waals surface area (Å²) in [6.45, 7) is 1.67. The molecular weight excluding hydrogens is 335 g/mol. The zero-order valence-corrected chi connectivity index (χ0v) is 13.8. The van der Waals surface area contributed by atoms with E-state index in [1.807, 2.05) is 0 Å². The van der Waals surface area contributed by atoms with E-state index in [2.05, 4.69) is 0 Å². The molecule has 1 aliphatic rings. The largest absolute Gasteiger partial charge is 0.465 e. The van der Waals surface area contributed by atoms with Crippen molar-refractivity contribution in [3.05, 3.63) is 30.3 Å². The fourth-order valence-electron chi connectivity index (χ4n) is 1.94. The highest BCUT2D eigenvalue weighted by Gasteiger charge is 2.69. The lowest BCUT2D eigenvalue weighted by Gasteiger charge is -2.11. The van der Waals surface area contributed by atoms with Gasteiger partial charge in [0.25, 0.3) is 0 Å². The van der Waals surface area contributed by atoms with E-state index in [4.69, 9.17) is 27.9 Å². The lowest BCUT2D eigenvalue weighted by molar-refractivity contribution is -0.149. The maximum Gasteiger partial charge on any atom is 0.314 e. The molecular formula is C14H16Cl2O4S. The third kappa shape index (κ3) is 3.52. The van der Waals surface area contributed by atoms with E-state index >= 15 is 0 Å². The normalized spacial score (nSPS) is 23.6. The Morgan fingerprint density at radius 1 is 1.29 bits per heavy atom. The van der Waals surface area contributed by atoms with Crippen LogP contribution >= 0.6 is 23.2 Å². The van der Waals surface area contributed by atoms with E-state index in [1.54, 1.807) is 37.3 Å². The van der Waals surface area contributed by atoms with Crippen LogP contribution in [0.3, 0.4) is 0 Å². The van der Waals surface area contributed by atoms with Gasteiger partial charge in [-0.3, -0.25) is 4.79 Å². The van der Waals surface area contributed by atoms with Gasteiger partial charge in [0.15, 0.2) is 9.84 Å². The highest BCUT2D eigenvalue weighted by molar-refractivity contribution is 7.91.